The van der Waals surface area contributed by atoms with Crippen molar-refractivity contribution in [3.63, 3.8) is 0 Å². The van der Waals surface area contributed by atoms with Crippen LogP contribution in [0.5, 0.6) is 5.88 Å². The van der Waals surface area contributed by atoms with E-state index in [4.69, 9.17) is 9.47 Å². The monoisotopic (exact) mass is 270 g/mol. The van der Waals surface area contributed by atoms with Crippen molar-refractivity contribution in [2.45, 2.75) is 19.8 Å². The average molecular weight is 270 g/mol. The third kappa shape index (κ3) is 4.02. The number of nitrogens with one attached hydrogen (secondary N) is 1. The molecule has 0 saturated carbocycles. The third-order valence-electron chi connectivity index (χ3n) is 2.41. The Kier molecular flexibility index (Phi) is 5.94. The van der Waals surface area contributed by atoms with Crippen LogP contribution in [0.4, 0.5) is 11.5 Å². The molecule has 0 aliphatic heterocycles. The van der Waals surface area contributed by atoms with E-state index in [9.17, 15) is 10.1 Å². The highest BCUT2D eigenvalue weighted by molar-refractivity contribution is 5.61. The number of rotatable bonds is 8. The fourth-order valence-corrected chi connectivity index (χ4v) is 1.49. The zero-order chi connectivity index (χ0) is 14.3. The Bertz CT molecular complexity index is 439. The van der Waals surface area contributed by atoms with Crippen molar-refractivity contribution in [2.75, 3.05) is 32.7 Å². The van der Waals surface area contributed by atoms with Gasteiger partial charge >= 0.3 is 5.69 Å². The second-order valence-electron chi connectivity index (χ2n) is 3.73. The standard InChI is InChI=1S/C11H18N4O4/c1-4-8-13-10(12-6-5-7-18-2)9(15(16)17)11(14-8)19-3/h4-7H2,1-3H3,(H,12,13,14). The molecule has 106 valence electrons. The topological polar surface area (TPSA) is 99.4 Å². The van der Waals surface area contributed by atoms with Crippen LogP contribution in [0, 0.1) is 10.1 Å². The maximum absolute atomic E-state index is 11.1. The first-order valence-electron chi connectivity index (χ1n) is 5.96. The molecule has 0 bridgehead atoms. The predicted molar refractivity (Wildman–Crippen MR) is 69.6 cm³/mol. The van der Waals surface area contributed by atoms with E-state index in [0.29, 0.717) is 25.4 Å². The molecule has 0 unspecified atom stereocenters. The van der Waals surface area contributed by atoms with E-state index in [-0.39, 0.29) is 17.4 Å². The van der Waals surface area contributed by atoms with Gasteiger partial charge < -0.3 is 14.8 Å². The van der Waals surface area contributed by atoms with Crippen molar-refractivity contribution >= 4 is 11.5 Å². The summed E-state index contributed by atoms with van der Waals surface area (Å²) >= 11 is 0. The summed E-state index contributed by atoms with van der Waals surface area (Å²) < 4.78 is 9.88. The van der Waals surface area contributed by atoms with Gasteiger partial charge in [0.2, 0.25) is 5.82 Å². The molecule has 0 amide bonds. The maximum Gasteiger partial charge on any atom is 0.372 e. The van der Waals surface area contributed by atoms with Crippen molar-refractivity contribution < 1.29 is 14.4 Å². The summed E-state index contributed by atoms with van der Waals surface area (Å²) in [7, 11) is 2.95. The van der Waals surface area contributed by atoms with Gasteiger partial charge in [0.15, 0.2) is 0 Å². The number of aromatic nitrogens is 2. The number of ether oxygens (including phenoxy) is 2. The highest BCUT2D eigenvalue weighted by Crippen LogP contribution is 2.31. The summed E-state index contributed by atoms with van der Waals surface area (Å²) in [6.45, 7) is 2.97. The summed E-state index contributed by atoms with van der Waals surface area (Å²) in [5.74, 6) is 0.660. The molecule has 0 atom stereocenters. The zero-order valence-electron chi connectivity index (χ0n) is 11.3. The number of nitrogens with zero attached hydrogens (tertiary/aromatic N) is 3. The van der Waals surface area contributed by atoms with Crippen LogP contribution in [0.1, 0.15) is 19.2 Å². The fraction of sp³-hybridized carbons (Fsp3) is 0.636. The molecule has 1 aromatic heterocycles. The molecule has 1 rings (SSSR count). The van der Waals surface area contributed by atoms with Crippen LogP contribution in [-0.4, -0.2) is 42.3 Å². The van der Waals surface area contributed by atoms with Crippen molar-refractivity contribution in [1.29, 1.82) is 0 Å². The molecule has 0 aliphatic rings. The molecule has 0 saturated heterocycles. The van der Waals surface area contributed by atoms with Gasteiger partial charge in [0.25, 0.3) is 5.88 Å². The molecule has 1 heterocycles. The third-order valence-corrected chi connectivity index (χ3v) is 2.41. The Balaban J connectivity index is 3.00. The SMILES string of the molecule is CCc1nc(NCCCOC)c([N+](=O)[O-])c(OC)n1. The minimum atomic E-state index is -0.545. The van der Waals surface area contributed by atoms with Gasteiger partial charge in [-0.15, -0.1) is 0 Å². The Labute approximate surface area is 111 Å². The van der Waals surface area contributed by atoms with E-state index in [2.05, 4.69) is 15.3 Å². The Morgan fingerprint density at radius 1 is 1.37 bits per heavy atom. The van der Waals surface area contributed by atoms with E-state index in [1.54, 1.807) is 7.11 Å². The Morgan fingerprint density at radius 2 is 2.11 bits per heavy atom. The number of anilines is 1. The lowest BCUT2D eigenvalue weighted by Gasteiger charge is -2.09. The molecular formula is C11H18N4O4. The minimum Gasteiger partial charge on any atom is -0.476 e. The second kappa shape index (κ2) is 7.47. The van der Waals surface area contributed by atoms with Crippen LogP contribution >= 0.6 is 0 Å². The first-order valence-corrected chi connectivity index (χ1v) is 5.96. The fourth-order valence-electron chi connectivity index (χ4n) is 1.49. The van der Waals surface area contributed by atoms with Gasteiger partial charge in [0.05, 0.1) is 12.0 Å². The van der Waals surface area contributed by atoms with Crippen molar-refractivity contribution in [3.05, 3.63) is 15.9 Å². The molecule has 0 aromatic carbocycles. The first kappa shape index (κ1) is 15.1. The average Bonchev–Trinajstić information content (AvgIpc) is 2.42. The van der Waals surface area contributed by atoms with Gasteiger partial charge in [-0.2, -0.15) is 4.98 Å². The smallest absolute Gasteiger partial charge is 0.372 e. The van der Waals surface area contributed by atoms with E-state index >= 15 is 0 Å². The van der Waals surface area contributed by atoms with E-state index in [0.717, 1.165) is 6.42 Å². The summed E-state index contributed by atoms with van der Waals surface area (Å²) in [5.41, 5.74) is -0.239. The quantitative estimate of drug-likeness (QED) is 0.433. The number of methoxy groups -OCH3 is 2. The summed E-state index contributed by atoms with van der Waals surface area (Å²) in [4.78, 5) is 18.7. The molecule has 0 radical (unpaired) electrons. The van der Waals surface area contributed by atoms with Crippen LogP contribution in [0.25, 0.3) is 0 Å². The van der Waals surface area contributed by atoms with E-state index in [1.807, 2.05) is 6.92 Å². The van der Waals surface area contributed by atoms with Gasteiger partial charge in [0.1, 0.15) is 5.82 Å². The van der Waals surface area contributed by atoms with Crippen LogP contribution < -0.4 is 10.1 Å². The molecule has 0 aliphatic carbocycles. The van der Waals surface area contributed by atoms with Crippen molar-refractivity contribution in [1.82, 2.24) is 9.97 Å². The molecule has 0 spiro atoms. The predicted octanol–water partition coefficient (Wildman–Crippen LogP) is 1.40. The van der Waals surface area contributed by atoms with Gasteiger partial charge in [-0.25, -0.2) is 4.98 Å². The lowest BCUT2D eigenvalue weighted by atomic mass is 10.3. The number of nitro groups is 1. The van der Waals surface area contributed by atoms with Crippen LogP contribution in [0.2, 0.25) is 0 Å². The summed E-state index contributed by atoms with van der Waals surface area (Å²) in [6.07, 6.45) is 1.29. The largest absolute Gasteiger partial charge is 0.476 e. The molecule has 1 aromatic rings. The van der Waals surface area contributed by atoms with E-state index < -0.39 is 4.92 Å². The molecule has 1 N–H and O–H groups in total. The number of aryl methyl sites for hydroxylation is 1. The van der Waals surface area contributed by atoms with Gasteiger partial charge in [-0.3, -0.25) is 10.1 Å². The Hall–Kier alpha value is -1.96. The number of hydrogen-bond acceptors (Lipinski definition) is 7. The van der Waals surface area contributed by atoms with Crippen LogP contribution in [0.3, 0.4) is 0 Å². The second-order valence-corrected chi connectivity index (χ2v) is 3.73. The van der Waals surface area contributed by atoms with Gasteiger partial charge in [0, 0.05) is 26.7 Å². The lowest BCUT2D eigenvalue weighted by Crippen LogP contribution is -2.11. The highest BCUT2D eigenvalue weighted by Gasteiger charge is 2.25. The summed E-state index contributed by atoms with van der Waals surface area (Å²) in [6, 6.07) is 0. The summed E-state index contributed by atoms with van der Waals surface area (Å²) in [5, 5.41) is 14.0. The molecule has 8 nitrogen and oxygen atoms in total. The van der Waals surface area contributed by atoms with Crippen LogP contribution in [0.15, 0.2) is 0 Å². The minimum absolute atomic E-state index is 0.0221. The van der Waals surface area contributed by atoms with Crippen molar-refractivity contribution in [3.8, 4) is 5.88 Å². The molecular weight excluding hydrogens is 252 g/mol. The number of hydrogen-bond donors (Lipinski definition) is 1. The van der Waals surface area contributed by atoms with Crippen LogP contribution in [-0.2, 0) is 11.2 Å². The Morgan fingerprint density at radius 3 is 2.63 bits per heavy atom. The first-order chi connectivity index (χ1) is 9.13. The normalized spacial score (nSPS) is 10.3. The van der Waals surface area contributed by atoms with E-state index in [1.165, 1.54) is 7.11 Å². The van der Waals surface area contributed by atoms with Gasteiger partial charge in [-0.05, 0) is 6.42 Å². The lowest BCUT2D eigenvalue weighted by molar-refractivity contribution is -0.385. The zero-order valence-corrected chi connectivity index (χ0v) is 11.3. The molecule has 8 heteroatoms. The highest BCUT2D eigenvalue weighted by atomic mass is 16.6. The van der Waals surface area contributed by atoms with Gasteiger partial charge in [-0.1, -0.05) is 6.92 Å². The van der Waals surface area contributed by atoms with Crippen molar-refractivity contribution in [2.24, 2.45) is 0 Å². The molecule has 0 fully saturated rings. The maximum atomic E-state index is 11.1. The molecule has 19 heavy (non-hydrogen) atoms.